The van der Waals surface area contributed by atoms with Crippen molar-refractivity contribution in [3.63, 3.8) is 0 Å². The van der Waals surface area contributed by atoms with Gasteiger partial charge in [0.05, 0.1) is 7.11 Å². The molecule has 0 heterocycles. The van der Waals surface area contributed by atoms with Crippen molar-refractivity contribution in [3.05, 3.63) is 17.9 Å². The molecule has 0 saturated heterocycles. The molecule has 0 spiro atoms. The Hall–Kier alpha value is -1.01. The summed E-state index contributed by atoms with van der Waals surface area (Å²) in [4.78, 5) is 10.8. The van der Waals surface area contributed by atoms with Gasteiger partial charge in [-0.05, 0) is 38.3 Å². The highest BCUT2D eigenvalue weighted by Gasteiger charge is 1.98. The Labute approximate surface area is 106 Å². The molecule has 0 aliphatic carbocycles. The molecule has 2 nitrogen and oxygen atoms in total. The van der Waals surface area contributed by atoms with Gasteiger partial charge in [0.25, 0.3) is 0 Å². The number of carbonyl (C=O) groups excluding carboxylic acids is 1. The van der Waals surface area contributed by atoms with Crippen LogP contribution in [-0.4, -0.2) is 13.1 Å². The van der Waals surface area contributed by atoms with Gasteiger partial charge in [0.1, 0.15) is 0 Å². The van der Waals surface area contributed by atoms with E-state index in [2.05, 4.69) is 16.5 Å². The van der Waals surface area contributed by atoms with E-state index in [0.717, 1.165) is 19.3 Å². The third kappa shape index (κ3) is 12.9. The second-order valence-corrected chi connectivity index (χ2v) is 4.25. The number of esters is 1. The van der Waals surface area contributed by atoms with Crippen molar-refractivity contribution in [3.8, 4) is 0 Å². The van der Waals surface area contributed by atoms with Crippen molar-refractivity contribution in [1.29, 1.82) is 0 Å². The van der Waals surface area contributed by atoms with Crippen LogP contribution in [0.5, 0.6) is 0 Å². The maximum absolute atomic E-state index is 10.8. The quantitative estimate of drug-likeness (QED) is 0.320. The molecule has 0 fully saturated rings. The lowest BCUT2D eigenvalue weighted by atomic mass is 10.1. The molecule has 0 amide bonds. The Morgan fingerprint density at radius 3 is 2.24 bits per heavy atom. The number of ether oxygens (including phenoxy) is 1. The van der Waals surface area contributed by atoms with Gasteiger partial charge in [-0.1, -0.05) is 32.1 Å². The highest BCUT2D eigenvalue weighted by molar-refractivity contribution is 5.68. The molecular formula is C15H26O2. The summed E-state index contributed by atoms with van der Waals surface area (Å²) < 4.78 is 4.59. The van der Waals surface area contributed by atoms with E-state index in [-0.39, 0.29) is 5.97 Å². The average molecular weight is 238 g/mol. The van der Waals surface area contributed by atoms with Gasteiger partial charge < -0.3 is 4.74 Å². The van der Waals surface area contributed by atoms with Crippen LogP contribution in [-0.2, 0) is 9.53 Å². The summed E-state index contributed by atoms with van der Waals surface area (Å²) in [5, 5.41) is 0. The van der Waals surface area contributed by atoms with Crippen LogP contribution in [0.3, 0.4) is 0 Å². The van der Waals surface area contributed by atoms with Crippen molar-refractivity contribution in [1.82, 2.24) is 0 Å². The first-order valence-electron chi connectivity index (χ1n) is 6.73. The van der Waals surface area contributed by atoms with E-state index < -0.39 is 0 Å². The van der Waals surface area contributed by atoms with Gasteiger partial charge in [0, 0.05) is 6.42 Å². The van der Waals surface area contributed by atoms with Crippen molar-refractivity contribution >= 4 is 5.97 Å². The molecule has 98 valence electrons. The molecular weight excluding hydrogens is 212 g/mol. The molecule has 0 radical (unpaired) electrons. The SMILES string of the molecule is CC=C=CCCCCCCCCCC(=O)OC. The van der Waals surface area contributed by atoms with Gasteiger partial charge in [-0.15, -0.1) is 5.73 Å². The number of methoxy groups -OCH3 is 1. The van der Waals surface area contributed by atoms with E-state index >= 15 is 0 Å². The van der Waals surface area contributed by atoms with Crippen molar-refractivity contribution in [2.45, 2.75) is 64.7 Å². The molecule has 0 atom stereocenters. The number of allylic oxidation sites excluding steroid dienone is 1. The predicted octanol–water partition coefficient (Wildman–Crippen LogP) is 4.40. The van der Waals surface area contributed by atoms with E-state index in [1.807, 2.05) is 13.0 Å². The lowest BCUT2D eigenvalue weighted by Crippen LogP contribution is -1.99. The second kappa shape index (κ2) is 13.1. The predicted molar refractivity (Wildman–Crippen MR) is 71.9 cm³/mol. The van der Waals surface area contributed by atoms with Gasteiger partial charge in [-0.2, -0.15) is 0 Å². The molecule has 0 saturated carbocycles. The fourth-order valence-corrected chi connectivity index (χ4v) is 1.70. The summed E-state index contributed by atoms with van der Waals surface area (Å²) in [5.74, 6) is -0.0826. The van der Waals surface area contributed by atoms with Crippen molar-refractivity contribution < 1.29 is 9.53 Å². The molecule has 0 aliphatic rings. The molecule has 0 aromatic rings. The minimum atomic E-state index is -0.0826. The van der Waals surface area contributed by atoms with Crippen LogP contribution in [0.25, 0.3) is 0 Å². The Morgan fingerprint density at radius 2 is 1.65 bits per heavy atom. The zero-order valence-corrected chi connectivity index (χ0v) is 11.3. The second-order valence-electron chi connectivity index (χ2n) is 4.25. The summed E-state index contributed by atoms with van der Waals surface area (Å²) in [6, 6.07) is 0. The number of hydrogen-bond acceptors (Lipinski definition) is 2. The van der Waals surface area contributed by atoms with E-state index in [4.69, 9.17) is 0 Å². The minimum absolute atomic E-state index is 0.0826. The highest BCUT2D eigenvalue weighted by atomic mass is 16.5. The molecule has 0 aromatic heterocycles. The Kier molecular flexibility index (Phi) is 12.3. The number of hydrogen-bond donors (Lipinski definition) is 0. The maximum Gasteiger partial charge on any atom is 0.305 e. The van der Waals surface area contributed by atoms with Crippen LogP contribution in [0.2, 0.25) is 0 Å². The standard InChI is InChI=1S/C15H26O2/c1-3-4-5-6-7-8-9-10-11-12-13-14-15(16)17-2/h3,5H,6-14H2,1-2H3. The first-order chi connectivity index (χ1) is 8.31. The third-order valence-corrected chi connectivity index (χ3v) is 2.74. The lowest BCUT2D eigenvalue weighted by molar-refractivity contribution is -0.140. The van der Waals surface area contributed by atoms with Gasteiger partial charge in [0.2, 0.25) is 0 Å². The van der Waals surface area contributed by atoms with Crippen molar-refractivity contribution in [2.24, 2.45) is 0 Å². The van der Waals surface area contributed by atoms with E-state index in [1.165, 1.54) is 39.2 Å². The normalized spacial score (nSPS) is 9.53. The summed E-state index contributed by atoms with van der Waals surface area (Å²) in [6.07, 6.45) is 14.3. The maximum atomic E-state index is 10.8. The molecule has 17 heavy (non-hydrogen) atoms. The van der Waals surface area contributed by atoms with Crippen LogP contribution in [0.15, 0.2) is 17.9 Å². The third-order valence-electron chi connectivity index (χ3n) is 2.74. The molecule has 2 heteroatoms. The van der Waals surface area contributed by atoms with Crippen LogP contribution in [0, 0.1) is 0 Å². The zero-order chi connectivity index (χ0) is 12.8. The van der Waals surface area contributed by atoms with Crippen molar-refractivity contribution in [2.75, 3.05) is 7.11 Å². The first-order valence-corrected chi connectivity index (χ1v) is 6.73. The molecule has 0 N–H and O–H groups in total. The van der Waals surface area contributed by atoms with Gasteiger partial charge >= 0.3 is 5.97 Å². The Morgan fingerprint density at radius 1 is 1.06 bits per heavy atom. The molecule has 0 aliphatic heterocycles. The summed E-state index contributed by atoms with van der Waals surface area (Å²) >= 11 is 0. The lowest BCUT2D eigenvalue weighted by Gasteiger charge is -2.01. The number of unbranched alkanes of at least 4 members (excludes halogenated alkanes) is 7. The molecule has 0 aromatic carbocycles. The fourth-order valence-electron chi connectivity index (χ4n) is 1.70. The van der Waals surface area contributed by atoms with Crippen LogP contribution < -0.4 is 0 Å². The topological polar surface area (TPSA) is 26.3 Å². The smallest absolute Gasteiger partial charge is 0.305 e. The van der Waals surface area contributed by atoms with E-state index in [1.54, 1.807) is 0 Å². The average Bonchev–Trinajstić information content (AvgIpc) is 2.35. The van der Waals surface area contributed by atoms with E-state index in [0.29, 0.717) is 6.42 Å². The van der Waals surface area contributed by atoms with Gasteiger partial charge in [-0.25, -0.2) is 0 Å². The summed E-state index contributed by atoms with van der Waals surface area (Å²) in [7, 11) is 1.45. The Bertz CT molecular complexity index is 229. The van der Waals surface area contributed by atoms with Gasteiger partial charge in [0.15, 0.2) is 0 Å². The van der Waals surface area contributed by atoms with Crippen LogP contribution >= 0.6 is 0 Å². The monoisotopic (exact) mass is 238 g/mol. The summed E-state index contributed by atoms with van der Waals surface area (Å²) in [6.45, 7) is 1.99. The summed E-state index contributed by atoms with van der Waals surface area (Å²) in [5.41, 5.74) is 3.09. The number of carbonyl (C=O) groups is 1. The zero-order valence-electron chi connectivity index (χ0n) is 11.3. The van der Waals surface area contributed by atoms with Gasteiger partial charge in [-0.3, -0.25) is 4.79 Å². The largest absolute Gasteiger partial charge is 0.469 e. The number of rotatable bonds is 10. The van der Waals surface area contributed by atoms with Crippen LogP contribution in [0.1, 0.15) is 64.7 Å². The molecule has 0 bridgehead atoms. The minimum Gasteiger partial charge on any atom is -0.469 e. The molecule has 0 unspecified atom stereocenters. The fraction of sp³-hybridized carbons (Fsp3) is 0.733. The molecule has 0 rings (SSSR count). The first kappa shape index (κ1) is 16.0. The van der Waals surface area contributed by atoms with E-state index in [9.17, 15) is 4.79 Å². The highest BCUT2D eigenvalue weighted by Crippen LogP contribution is 2.10. The van der Waals surface area contributed by atoms with Crippen LogP contribution in [0.4, 0.5) is 0 Å². The Balaban J connectivity index is 3.08.